The van der Waals surface area contributed by atoms with Gasteiger partial charge in [-0.25, -0.2) is 0 Å². The number of anilines is 1. The highest BCUT2D eigenvalue weighted by Gasteiger charge is 2.28. The zero-order chi connectivity index (χ0) is 20.2. The van der Waals surface area contributed by atoms with E-state index >= 15 is 0 Å². The summed E-state index contributed by atoms with van der Waals surface area (Å²) in [5, 5.41) is 5.88. The van der Waals surface area contributed by atoms with E-state index in [0.717, 1.165) is 22.6 Å². The number of nitrogens with zero attached hydrogens (tertiary/aromatic N) is 2. The molecule has 4 heteroatoms. The number of rotatable bonds is 5. The van der Waals surface area contributed by atoms with E-state index in [1.165, 1.54) is 10.6 Å². The van der Waals surface area contributed by atoms with Crippen LogP contribution in [0.3, 0.4) is 0 Å². The fourth-order valence-corrected chi connectivity index (χ4v) is 3.28. The van der Waals surface area contributed by atoms with Crippen LogP contribution in [0.25, 0.3) is 6.08 Å². The lowest BCUT2D eigenvalue weighted by molar-refractivity contribution is -0.114. The Labute approximate surface area is 170 Å². The number of benzene rings is 3. The number of hydrogen-bond donors (Lipinski definition) is 0. The van der Waals surface area contributed by atoms with E-state index in [-0.39, 0.29) is 5.91 Å². The molecule has 0 fully saturated rings. The second-order valence-corrected chi connectivity index (χ2v) is 7.01. The molecule has 3 aromatic rings. The molecule has 0 saturated heterocycles. The number of aryl methyl sites for hydroxylation is 1. The highest BCUT2D eigenvalue weighted by molar-refractivity contribution is 6.32. The summed E-state index contributed by atoms with van der Waals surface area (Å²) < 4.78 is 6.06. The predicted molar refractivity (Wildman–Crippen MR) is 117 cm³/mol. The van der Waals surface area contributed by atoms with Crippen molar-refractivity contribution in [3.63, 3.8) is 0 Å². The van der Waals surface area contributed by atoms with Crippen LogP contribution >= 0.6 is 0 Å². The molecule has 4 nitrogen and oxygen atoms in total. The van der Waals surface area contributed by atoms with Crippen LogP contribution in [0.4, 0.5) is 5.69 Å². The Kier molecular flexibility index (Phi) is 5.25. The van der Waals surface area contributed by atoms with Crippen molar-refractivity contribution in [1.29, 1.82) is 0 Å². The fraction of sp³-hybridized carbons (Fsp3) is 0.120. The minimum atomic E-state index is -0.137. The van der Waals surface area contributed by atoms with Gasteiger partial charge in [0.25, 0.3) is 5.91 Å². The van der Waals surface area contributed by atoms with Gasteiger partial charge in [-0.05, 0) is 43.7 Å². The van der Waals surface area contributed by atoms with Crippen LogP contribution in [0.15, 0.2) is 89.5 Å². The van der Waals surface area contributed by atoms with Crippen molar-refractivity contribution >= 4 is 23.4 Å². The normalized spacial score (nSPS) is 15.0. The molecule has 29 heavy (non-hydrogen) atoms. The maximum atomic E-state index is 13.0. The van der Waals surface area contributed by atoms with E-state index in [9.17, 15) is 4.79 Å². The standard InChI is InChI=1S/C25H22N2O2/c1-18-9-8-10-20(15-18)17-29-24-14-7-6-11-21(24)16-23-19(2)26-27(25(23)28)22-12-4-3-5-13-22/h3-16H,17H2,1-2H3/b23-16-. The molecule has 0 spiro atoms. The summed E-state index contributed by atoms with van der Waals surface area (Å²) in [6.07, 6.45) is 1.86. The van der Waals surface area contributed by atoms with Crippen LogP contribution in [0.5, 0.6) is 5.75 Å². The van der Waals surface area contributed by atoms with Crippen molar-refractivity contribution in [2.45, 2.75) is 20.5 Å². The molecule has 0 N–H and O–H groups in total. The molecule has 144 valence electrons. The molecule has 1 aliphatic rings. The van der Waals surface area contributed by atoms with Gasteiger partial charge in [-0.3, -0.25) is 4.79 Å². The Morgan fingerprint density at radius 1 is 0.931 bits per heavy atom. The quantitative estimate of drug-likeness (QED) is 0.556. The minimum Gasteiger partial charge on any atom is -0.488 e. The molecule has 0 aliphatic carbocycles. The van der Waals surface area contributed by atoms with E-state index in [4.69, 9.17) is 4.74 Å². The first-order valence-electron chi connectivity index (χ1n) is 9.56. The van der Waals surface area contributed by atoms with Gasteiger partial charge in [-0.2, -0.15) is 10.1 Å². The largest absolute Gasteiger partial charge is 0.488 e. The summed E-state index contributed by atoms with van der Waals surface area (Å²) in [6.45, 7) is 4.39. The third kappa shape index (κ3) is 4.11. The van der Waals surface area contributed by atoms with Crippen LogP contribution in [0.2, 0.25) is 0 Å². The maximum absolute atomic E-state index is 13.0. The molecule has 0 aromatic heterocycles. The predicted octanol–water partition coefficient (Wildman–Crippen LogP) is 5.38. The number of hydrazone groups is 1. The Morgan fingerprint density at radius 3 is 2.48 bits per heavy atom. The van der Waals surface area contributed by atoms with Gasteiger partial charge in [0.15, 0.2) is 0 Å². The van der Waals surface area contributed by atoms with Crippen molar-refractivity contribution in [2.75, 3.05) is 5.01 Å². The van der Waals surface area contributed by atoms with E-state index in [2.05, 4.69) is 24.2 Å². The summed E-state index contributed by atoms with van der Waals surface area (Å²) >= 11 is 0. The van der Waals surface area contributed by atoms with Gasteiger partial charge in [0.2, 0.25) is 0 Å². The lowest BCUT2D eigenvalue weighted by atomic mass is 10.1. The summed E-state index contributed by atoms with van der Waals surface area (Å²) in [5.74, 6) is 0.599. The van der Waals surface area contributed by atoms with Gasteiger partial charge in [0.05, 0.1) is 17.0 Å². The first-order valence-corrected chi connectivity index (χ1v) is 9.56. The molecule has 1 heterocycles. The average molecular weight is 382 g/mol. The fourth-order valence-electron chi connectivity index (χ4n) is 3.28. The monoisotopic (exact) mass is 382 g/mol. The van der Waals surface area contributed by atoms with Crippen molar-refractivity contribution in [3.05, 3.63) is 101 Å². The molecular weight excluding hydrogens is 360 g/mol. The van der Waals surface area contributed by atoms with Crippen molar-refractivity contribution < 1.29 is 9.53 Å². The van der Waals surface area contributed by atoms with Gasteiger partial charge in [0, 0.05) is 5.56 Å². The van der Waals surface area contributed by atoms with Crippen molar-refractivity contribution in [2.24, 2.45) is 5.10 Å². The summed E-state index contributed by atoms with van der Waals surface area (Å²) in [5.41, 5.74) is 5.17. The number of carbonyl (C=O) groups excluding carboxylic acids is 1. The Hall–Kier alpha value is -3.66. The molecule has 0 unspecified atom stereocenters. The second-order valence-electron chi connectivity index (χ2n) is 7.01. The van der Waals surface area contributed by atoms with Crippen LogP contribution < -0.4 is 9.75 Å². The minimum absolute atomic E-state index is 0.137. The molecule has 0 radical (unpaired) electrons. The number of para-hydroxylation sites is 2. The van der Waals surface area contributed by atoms with E-state index in [1.54, 1.807) is 0 Å². The van der Waals surface area contributed by atoms with Gasteiger partial charge in [0.1, 0.15) is 12.4 Å². The summed E-state index contributed by atoms with van der Waals surface area (Å²) in [7, 11) is 0. The van der Waals surface area contributed by atoms with Crippen LogP contribution in [-0.4, -0.2) is 11.6 Å². The molecule has 4 rings (SSSR count). The molecule has 3 aromatic carbocycles. The lowest BCUT2D eigenvalue weighted by Gasteiger charge is -2.12. The first-order chi connectivity index (χ1) is 14.1. The van der Waals surface area contributed by atoms with Crippen molar-refractivity contribution in [3.8, 4) is 5.75 Å². The Morgan fingerprint density at radius 2 is 1.69 bits per heavy atom. The number of amides is 1. The van der Waals surface area contributed by atoms with E-state index in [1.807, 2.05) is 79.7 Å². The van der Waals surface area contributed by atoms with Crippen LogP contribution in [-0.2, 0) is 11.4 Å². The molecule has 1 aliphatic heterocycles. The topological polar surface area (TPSA) is 41.9 Å². The average Bonchev–Trinajstić information content (AvgIpc) is 3.02. The van der Waals surface area contributed by atoms with E-state index in [0.29, 0.717) is 17.9 Å². The molecular formula is C25H22N2O2. The second kappa shape index (κ2) is 8.15. The molecule has 0 saturated carbocycles. The van der Waals surface area contributed by atoms with Crippen LogP contribution in [0, 0.1) is 6.92 Å². The SMILES string of the molecule is CC1=NN(c2ccccc2)C(=O)/C1=C\c1ccccc1OCc1cccc(C)c1. The van der Waals surface area contributed by atoms with Gasteiger partial charge in [-0.15, -0.1) is 0 Å². The smallest absolute Gasteiger partial charge is 0.280 e. The third-order valence-corrected chi connectivity index (χ3v) is 4.76. The highest BCUT2D eigenvalue weighted by atomic mass is 16.5. The lowest BCUT2D eigenvalue weighted by Crippen LogP contribution is -2.21. The van der Waals surface area contributed by atoms with Gasteiger partial charge >= 0.3 is 0 Å². The summed E-state index contributed by atoms with van der Waals surface area (Å²) in [6, 6.07) is 25.4. The molecule has 0 atom stereocenters. The molecule has 1 amide bonds. The van der Waals surface area contributed by atoms with Crippen LogP contribution in [0.1, 0.15) is 23.6 Å². The molecule has 0 bridgehead atoms. The van der Waals surface area contributed by atoms with Gasteiger partial charge < -0.3 is 4.74 Å². The first kappa shape index (κ1) is 18.7. The third-order valence-electron chi connectivity index (χ3n) is 4.76. The van der Waals surface area contributed by atoms with Gasteiger partial charge in [-0.1, -0.05) is 66.2 Å². The zero-order valence-corrected chi connectivity index (χ0v) is 16.5. The number of hydrogen-bond acceptors (Lipinski definition) is 3. The number of carbonyl (C=O) groups is 1. The Bertz CT molecular complexity index is 1100. The Balaban J connectivity index is 1.58. The maximum Gasteiger partial charge on any atom is 0.280 e. The zero-order valence-electron chi connectivity index (χ0n) is 16.5. The van der Waals surface area contributed by atoms with E-state index < -0.39 is 0 Å². The summed E-state index contributed by atoms with van der Waals surface area (Å²) in [4.78, 5) is 13.0. The van der Waals surface area contributed by atoms with Crippen molar-refractivity contribution in [1.82, 2.24) is 0 Å². The number of ether oxygens (including phenoxy) is 1. The highest BCUT2D eigenvalue weighted by Crippen LogP contribution is 2.28.